The van der Waals surface area contributed by atoms with Crippen molar-refractivity contribution in [2.24, 2.45) is 0 Å². The first-order valence-corrected chi connectivity index (χ1v) is 10.4. The van der Waals surface area contributed by atoms with Crippen molar-refractivity contribution >= 4 is 17.4 Å². The van der Waals surface area contributed by atoms with Crippen molar-refractivity contribution in [3.05, 3.63) is 48.4 Å². The molecule has 1 saturated heterocycles. The molecule has 1 atom stereocenters. The Morgan fingerprint density at radius 2 is 2.03 bits per heavy atom. The zero-order valence-electron chi connectivity index (χ0n) is 17.3. The fourth-order valence-electron chi connectivity index (χ4n) is 4.76. The van der Waals surface area contributed by atoms with E-state index in [-0.39, 0.29) is 23.2 Å². The molecule has 0 bridgehead atoms. The SMILES string of the molecule is CC[C@]12CCCCN1c1nc(-n3ccnc3-c3cccc(F)c3F)ncc1N(C)C2=O. The highest BCUT2D eigenvalue weighted by atomic mass is 19.2. The number of imidazole rings is 1. The van der Waals surface area contributed by atoms with Gasteiger partial charge in [-0.25, -0.2) is 18.7 Å². The lowest BCUT2D eigenvalue weighted by Gasteiger charge is -2.51. The number of aromatic nitrogens is 4. The van der Waals surface area contributed by atoms with Gasteiger partial charge >= 0.3 is 0 Å². The summed E-state index contributed by atoms with van der Waals surface area (Å²) in [7, 11) is 1.75. The summed E-state index contributed by atoms with van der Waals surface area (Å²) in [5.41, 5.74) is 0.0516. The molecule has 0 radical (unpaired) electrons. The fraction of sp³-hybridized carbons (Fsp3) is 0.364. The molecule has 1 aromatic carbocycles. The van der Waals surface area contributed by atoms with Crippen LogP contribution in [-0.4, -0.2) is 44.6 Å². The van der Waals surface area contributed by atoms with Crippen LogP contribution >= 0.6 is 0 Å². The zero-order chi connectivity index (χ0) is 21.8. The van der Waals surface area contributed by atoms with Crippen LogP contribution in [-0.2, 0) is 4.79 Å². The number of rotatable bonds is 3. The molecule has 2 aromatic heterocycles. The molecule has 0 saturated carbocycles. The molecule has 0 N–H and O–H groups in total. The van der Waals surface area contributed by atoms with Gasteiger partial charge in [-0.05, 0) is 37.8 Å². The lowest BCUT2D eigenvalue weighted by Crippen LogP contribution is -2.64. The zero-order valence-corrected chi connectivity index (χ0v) is 17.3. The average molecular weight is 424 g/mol. The maximum Gasteiger partial charge on any atom is 0.252 e. The molecule has 0 spiro atoms. The van der Waals surface area contributed by atoms with E-state index in [4.69, 9.17) is 4.98 Å². The molecule has 160 valence electrons. The van der Waals surface area contributed by atoms with Gasteiger partial charge in [0.1, 0.15) is 17.1 Å². The first kappa shape index (κ1) is 19.6. The Morgan fingerprint density at radius 1 is 1.19 bits per heavy atom. The molecular weight excluding hydrogens is 402 g/mol. The van der Waals surface area contributed by atoms with Gasteiger partial charge in [0.25, 0.3) is 5.91 Å². The Bertz CT molecular complexity index is 1180. The summed E-state index contributed by atoms with van der Waals surface area (Å²) in [6, 6.07) is 3.97. The normalized spacial score (nSPS) is 20.6. The van der Waals surface area contributed by atoms with E-state index in [9.17, 15) is 13.6 Å². The second-order valence-corrected chi connectivity index (χ2v) is 7.96. The molecule has 1 fully saturated rings. The Morgan fingerprint density at radius 3 is 2.84 bits per heavy atom. The molecule has 0 unspecified atom stereocenters. The Balaban J connectivity index is 1.66. The molecule has 2 aliphatic rings. The third-order valence-electron chi connectivity index (χ3n) is 6.43. The number of fused-ring (bicyclic) bond motifs is 3. The molecule has 4 heterocycles. The van der Waals surface area contributed by atoms with Gasteiger partial charge in [0.2, 0.25) is 5.95 Å². The van der Waals surface area contributed by atoms with Crippen LogP contribution in [0.4, 0.5) is 20.3 Å². The lowest BCUT2D eigenvalue weighted by molar-refractivity contribution is -0.124. The predicted octanol–water partition coefficient (Wildman–Crippen LogP) is 3.72. The standard InChI is InChI=1S/C22H22F2N6O/c1-3-22-9-4-5-11-30(22)19-16(28(2)20(22)31)13-26-21(27-19)29-12-10-25-18(29)14-7-6-8-15(23)17(14)24/h6-8,10,12-13H,3-5,9,11H2,1-2H3/t22-/m1/s1. The van der Waals surface area contributed by atoms with E-state index in [1.54, 1.807) is 24.3 Å². The first-order valence-electron chi connectivity index (χ1n) is 10.4. The highest BCUT2D eigenvalue weighted by Gasteiger charge is 2.51. The summed E-state index contributed by atoms with van der Waals surface area (Å²) in [6.07, 6.45) is 8.13. The molecule has 31 heavy (non-hydrogen) atoms. The van der Waals surface area contributed by atoms with Crippen LogP contribution in [0.15, 0.2) is 36.8 Å². The minimum Gasteiger partial charge on any atom is -0.340 e. The Hall–Kier alpha value is -3.36. The number of hydrogen-bond acceptors (Lipinski definition) is 5. The number of halogens is 2. The number of amides is 1. The number of hydrogen-bond donors (Lipinski definition) is 0. The molecule has 0 aliphatic carbocycles. The van der Waals surface area contributed by atoms with Gasteiger partial charge in [0, 0.05) is 26.0 Å². The minimum atomic E-state index is -0.973. The highest BCUT2D eigenvalue weighted by Crippen LogP contribution is 2.44. The van der Waals surface area contributed by atoms with Crippen molar-refractivity contribution < 1.29 is 13.6 Å². The molecule has 9 heteroatoms. The predicted molar refractivity (Wildman–Crippen MR) is 112 cm³/mol. The van der Waals surface area contributed by atoms with Gasteiger partial charge in [-0.1, -0.05) is 13.0 Å². The van der Waals surface area contributed by atoms with E-state index in [1.807, 2.05) is 6.92 Å². The van der Waals surface area contributed by atoms with E-state index in [2.05, 4.69) is 14.9 Å². The van der Waals surface area contributed by atoms with Gasteiger partial charge in [0.05, 0.1) is 11.8 Å². The molecule has 7 nitrogen and oxygen atoms in total. The summed E-state index contributed by atoms with van der Waals surface area (Å²) in [4.78, 5) is 30.4. The van der Waals surface area contributed by atoms with E-state index in [0.29, 0.717) is 17.9 Å². The number of nitrogens with zero attached hydrogens (tertiary/aromatic N) is 6. The van der Waals surface area contributed by atoms with Gasteiger partial charge in [-0.3, -0.25) is 9.36 Å². The number of piperidine rings is 1. The van der Waals surface area contributed by atoms with Crippen molar-refractivity contribution in [1.29, 1.82) is 0 Å². The van der Waals surface area contributed by atoms with Crippen molar-refractivity contribution in [3.63, 3.8) is 0 Å². The molecule has 1 amide bonds. The average Bonchev–Trinajstić information content (AvgIpc) is 3.28. The molecule has 2 aliphatic heterocycles. The largest absolute Gasteiger partial charge is 0.340 e. The lowest BCUT2D eigenvalue weighted by atomic mass is 9.81. The van der Waals surface area contributed by atoms with Gasteiger partial charge in [-0.2, -0.15) is 4.98 Å². The third kappa shape index (κ3) is 2.75. The maximum absolute atomic E-state index is 14.4. The van der Waals surface area contributed by atoms with Crippen LogP contribution in [0.25, 0.3) is 17.3 Å². The van der Waals surface area contributed by atoms with Crippen LogP contribution in [0.5, 0.6) is 0 Å². The number of anilines is 2. The first-order chi connectivity index (χ1) is 15.0. The van der Waals surface area contributed by atoms with Crippen molar-refractivity contribution in [2.45, 2.75) is 38.1 Å². The van der Waals surface area contributed by atoms with Gasteiger partial charge < -0.3 is 9.80 Å². The van der Waals surface area contributed by atoms with Crippen LogP contribution < -0.4 is 9.80 Å². The van der Waals surface area contributed by atoms with Crippen molar-refractivity contribution in [1.82, 2.24) is 19.5 Å². The second kappa shape index (κ2) is 7.11. The topological polar surface area (TPSA) is 67.2 Å². The van der Waals surface area contributed by atoms with Crippen molar-refractivity contribution in [2.75, 3.05) is 23.4 Å². The maximum atomic E-state index is 14.4. The number of likely N-dealkylation sites (N-methyl/N-ethyl adjacent to an activating group) is 1. The summed E-state index contributed by atoms with van der Waals surface area (Å²) >= 11 is 0. The number of carbonyl (C=O) groups excluding carboxylic acids is 1. The van der Waals surface area contributed by atoms with E-state index in [1.165, 1.54) is 22.9 Å². The quantitative estimate of drug-likeness (QED) is 0.641. The van der Waals surface area contributed by atoms with Gasteiger partial charge in [0.15, 0.2) is 17.5 Å². The Kier molecular flexibility index (Phi) is 4.49. The van der Waals surface area contributed by atoms with E-state index in [0.717, 1.165) is 31.9 Å². The van der Waals surface area contributed by atoms with Crippen molar-refractivity contribution in [3.8, 4) is 17.3 Å². The highest BCUT2D eigenvalue weighted by molar-refractivity contribution is 6.07. The summed E-state index contributed by atoms with van der Waals surface area (Å²) in [6.45, 7) is 2.75. The Labute approximate surface area is 178 Å². The summed E-state index contributed by atoms with van der Waals surface area (Å²) < 4.78 is 29.7. The molecule has 5 rings (SSSR count). The van der Waals surface area contributed by atoms with Gasteiger partial charge in [-0.15, -0.1) is 0 Å². The van der Waals surface area contributed by atoms with Crippen LogP contribution in [0.1, 0.15) is 32.6 Å². The second-order valence-electron chi connectivity index (χ2n) is 7.96. The van der Waals surface area contributed by atoms with Crippen LogP contribution in [0.3, 0.4) is 0 Å². The molecule has 3 aromatic rings. The fourth-order valence-corrected chi connectivity index (χ4v) is 4.76. The monoisotopic (exact) mass is 424 g/mol. The molecular formula is C22H22F2N6O. The smallest absolute Gasteiger partial charge is 0.252 e. The van der Waals surface area contributed by atoms with E-state index < -0.39 is 17.2 Å². The third-order valence-corrected chi connectivity index (χ3v) is 6.43. The van der Waals surface area contributed by atoms with E-state index >= 15 is 0 Å². The summed E-state index contributed by atoms with van der Waals surface area (Å²) in [5.74, 6) is -0.693. The van der Waals surface area contributed by atoms with Crippen LogP contribution in [0, 0.1) is 11.6 Å². The minimum absolute atomic E-state index is 0.0273. The van der Waals surface area contributed by atoms with Crippen LogP contribution in [0.2, 0.25) is 0 Å². The summed E-state index contributed by atoms with van der Waals surface area (Å²) in [5, 5.41) is 0. The number of benzene rings is 1. The number of carbonyl (C=O) groups is 1.